The lowest BCUT2D eigenvalue weighted by Gasteiger charge is -2.14. The van der Waals surface area contributed by atoms with Crippen LogP contribution in [0.1, 0.15) is 5.56 Å². The summed E-state index contributed by atoms with van der Waals surface area (Å²) in [6.45, 7) is 0. The Labute approximate surface area is 128 Å². The average molecular weight is 289 g/mol. The van der Waals surface area contributed by atoms with Crippen molar-refractivity contribution in [1.82, 2.24) is 9.97 Å². The number of benzene rings is 1. The summed E-state index contributed by atoms with van der Waals surface area (Å²) in [5.74, 6) is -0.110. The summed E-state index contributed by atoms with van der Waals surface area (Å²) >= 11 is 0. The van der Waals surface area contributed by atoms with E-state index in [1.165, 1.54) is 0 Å². The maximum atomic E-state index is 7.86. The second-order valence-corrected chi connectivity index (χ2v) is 4.80. The highest BCUT2D eigenvalue weighted by molar-refractivity contribution is 6.07. The molecule has 0 amide bonds. The molecule has 1 aromatic carbocycles. The summed E-state index contributed by atoms with van der Waals surface area (Å²) in [4.78, 5) is 8.75. The summed E-state index contributed by atoms with van der Waals surface area (Å²) < 4.78 is 0. The quantitative estimate of drug-likeness (QED) is 0.509. The van der Waals surface area contributed by atoms with Crippen molar-refractivity contribution < 1.29 is 0 Å². The normalized spacial score (nSPS) is 10.4. The van der Waals surface area contributed by atoms with Gasteiger partial charge in [-0.05, 0) is 12.1 Å². The van der Waals surface area contributed by atoms with Crippen molar-refractivity contribution in [1.29, 1.82) is 5.41 Å². The van der Waals surface area contributed by atoms with E-state index in [2.05, 4.69) is 9.97 Å². The Morgan fingerprint density at radius 2 is 1.68 bits per heavy atom. The number of nitrogens with zero attached hydrogens (tertiary/aromatic N) is 2. The van der Waals surface area contributed by atoms with E-state index in [-0.39, 0.29) is 5.84 Å². The maximum Gasteiger partial charge on any atom is 0.127 e. The van der Waals surface area contributed by atoms with E-state index in [4.69, 9.17) is 16.9 Å². The zero-order chi connectivity index (χ0) is 15.5. The smallest absolute Gasteiger partial charge is 0.127 e. The summed E-state index contributed by atoms with van der Waals surface area (Å²) in [5, 5.41) is 7.86. The highest BCUT2D eigenvalue weighted by Crippen LogP contribution is 2.32. The van der Waals surface area contributed by atoms with Crippen molar-refractivity contribution in [2.75, 3.05) is 5.73 Å². The first-order valence-corrected chi connectivity index (χ1v) is 6.78. The summed E-state index contributed by atoms with van der Waals surface area (Å²) in [5.41, 5.74) is 15.7. The van der Waals surface area contributed by atoms with Crippen LogP contribution < -0.4 is 11.5 Å². The third-order valence-corrected chi connectivity index (χ3v) is 3.38. The van der Waals surface area contributed by atoms with Crippen LogP contribution in [-0.4, -0.2) is 15.8 Å². The molecule has 0 unspecified atom stereocenters. The molecule has 22 heavy (non-hydrogen) atoms. The number of rotatable bonds is 3. The van der Waals surface area contributed by atoms with E-state index in [1.807, 2.05) is 48.5 Å². The second kappa shape index (κ2) is 5.65. The molecule has 5 nitrogen and oxygen atoms in total. The SMILES string of the molecule is N=C(N)c1c(-c2ccccc2)ncc(-c2ccccn2)c1N. The Balaban J connectivity index is 2.24. The Bertz CT molecular complexity index is 813. The fourth-order valence-electron chi connectivity index (χ4n) is 2.34. The zero-order valence-electron chi connectivity index (χ0n) is 11.8. The molecule has 5 N–H and O–H groups in total. The summed E-state index contributed by atoms with van der Waals surface area (Å²) in [6.07, 6.45) is 3.36. The Morgan fingerprint density at radius 3 is 2.32 bits per heavy atom. The lowest BCUT2D eigenvalue weighted by molar-refractivity contribution is 1.26. The first kappa shape index (κ1) is 13.8. The highest BCUT2D eigenvalue weighted by Gasteiger charge is 2.17. The molecule has 3 rings (SSSR count). The molecule has 0 saturated heterocycles. The molecule has 2 heterocycles. The van der Waals surface area contributed by atoms with Crippen LogP contribution in [0.4, 0.5) is 5.69 Å². The number of pyridine rings is 2. The minimum Gasteiger partial charge on any atom is -0.397 e. The van der Waals surface area contributed by atoms with E-state index >= 15 is 0 Å². The third kappa shape index (κ3) is 2.40. The highest BCUT2D eigenvalue weighted by atomic mass is 14.8. The van der Waals surface area contributed by atoms with Gasteiger partial charge in [0.15, 0.2) is 0 Å². The number of amidine groups is 1. The van der Waals surface area contributed by atoms with E-state index in [0.29, 0.717) is 28.2 Å². The average Bonchev–Trinajstić information content (AvgIpc) is 2.55. The van der Waals surface area contributed by atoms with Gasteiger partial charge in [0.2, 0.25) is 0 Å². The van der Waals surface area contributed by atoms with Gasteiger partial charge in [0.1, 0.15) is 5.84 Å². The number of nitrogens with one attached hydrogen (secondary N) is 1. The van der Waals surface area contributed by atoms with Crippen LogP contribution >= 0.6 is 0 Å². The number of hydrogen-bond acceptors (Lipinski definition) is 4. The molecular weight excluding hydrogens is 274 g/mol. The molecule has 108 valence electrons. The van der Waals surface area contributed by atoms with Gasteiger partial charge in [-0.3, -0.25) is 15.4 Å². The molecule has 0 fully saturated rings. The second-order valence-electron chi connectivity index (χ2n) is 4.80. The van der Waals surface area contributed by atoms with Gasteiger partial charge in [0.25, 0.3) is 0 Å². The van der Waals surface area contributed by atoms with Crippen LogP contribution in [0.15, 0.2) is 60.9 Å². The van der Waals surface area contributed by atoms with Crippen molar-refractivity contribution in [3.05, 3.63) is 66.5 Å². The van der Waals surface area contributed by atoms with Gasteiger partial charge in [-0.1, -0.05) is 36.4 Å². The fraction of sp³-hybridized carbons (Fsp3) is 0. The molecule has 0 aliphatic carbocycles. The molecule has 2 aromatic heterocycles. The third-order valence-electron chi connectivity index (χ3n) is 3.38. The molecular formula is C17H15N5. The topological polar surface area (TPSA) is 102 Å². The Morgan fingerprint density at radius 1 is 0.955 bits per heavy atom. The number of aromatic nitrogens is 2. The lowest BCUT2D eigenvalue weighted by Crippen LogP contribution is -2.17. The molecule has 0 atom stereocenters. The molecule has 0 saturated carbocycles. The molecule has 0 spiro atoms. The van der Waals surface area contributed by atoms with E-state index in [0.717, 1.165) is 5.56 Å². The molecule has 0 aliphatic heterocycles. The van der Waals surface area contributed by atoms with Crippen LogP contribution in [0.5, 0.6) is 0 Å². The molecule has 5 heteroatoms. The number of nitrogen functional groups attached to an aromatic ring is 2. The van der Waals surface area contributed by atoms with Crippen molar-refractivity contribution >= 4 is 11.5 Å². The van der Waals surface area contributed by atoms with Gasteiger partial charge in [0.05, 0.1) is 22.6 Å². The van der Waals surface area contributed by atoms with Gasteiger partial charge in [-0.2, -0.15) is 0 Å². The first-order chi connectivity index (χ1) is 10.7. The minimum absolute atomic E-state index is 0.110. The van der Waals surface area contributed by atoms with Crippen molar-refractivity contribution in [2.45, 2.75) is 0 Å². The molecule has 0 radical (unpaired) electrons. The Kier molecular flexibility index (Phi) is 3.53. The molecule has 0 bridgehead atoms. The van der Waals surface area contributed by atoms with Crippen molar-refractivity contribution in [3.8, 4) is 22.5 Å². The fourth-order valence-corrected chi connectivity index (χ4v) is 2.34. The van der Waals surface area contributed by atoms with Crippen LogP contribution in [0.3, 0.4) is 0 Å². The van der Waals surface area contributed by atoms with Gasteiger partial charge in [-0.25, -0.2) is 0 Å². The van der Waals surface area contributed by atoms with Crippen LogP contribution in [-0.2, 0) is 0 Å². The largest absolute Gasteiger partial charge is 0.397 e. The van der Waals surface area contributed by atoms with Crippen LogP contribution in [0.25, 0.3) is 22.5 Å². The molecule has 0 aliphatic rings. The number of anilines is 1. The van der Waals surface area contributed by atoms with E-state index in [1.54, 1.807) is 12.4 Å². The van der Waals surface area contributed by atoms with Crippen LogP contribution in [0.2, 0.25) is 0 Å². The zero-order valence-corrected chi connectivity index (χ0v) is 11.8. The molecule has 3 aromatic rings. The lowest BCUT2D eigenvalue weighted by atomic mass is 9.99. The number of hydrogen-bond donors (Lipinski definition) is 3. The van der Waals surface area contributed by atoms with E-state index < -0.39 is 0 Å². The first-order valence-electron chi connectivity index (χ1n) is 6.78. The van der Waals surface area contributed by atoms with Gasteiger partial charge in [-0.15, -0.1) is 0 Å². The van der Waals surface area contributed by atoms with Crippen molar-refractivity contribution in [2.24, 2.45) is 5.73 Å². The predicted molar refractivity (Wildman–Crippen MR) is 88.3 cm³/mol. The predicted octanol–water partition coefficient (Wildman–Crippen LogP) is 2.68. The van der Waals surface area contributed by atoms with E-state index in [9.17, 15) is 0 Å². The minimum atomic E-state index is -0.110. The van der Waals surface area contributed by atoms with Gasteiger partial charge >= 0.3 is 0 Å². The summed E-state index contributed by atoms with van der Waals surface area (Å²) in [6, 6.07) is 15.1. The van der Waals surface area contributed by atoms with Gasteiger partial charge in [0, 0.05) is 23.5 Å². The maximum absolute atomic E-state index is 7.86. The number of nitrogens with two attached hydrogens (primary N) is 2. The Hall–Kier alpha value is -3.21. The van der Waals surface area contributed by atoms with Crippen molar-refractivity contribution in [3.63, 3.8) is 0 Å². The summed E-state index contributed by atoms with van der Waals surface area (Å²) in [7, 11) is 0. The van der Waals surface area contributed by atoms with Gasteiger partial charge < -0.3 is 11.5 Å². The standard InChI is InChI=1S/C17H15N5/c18-15-12(13-8-4-5-9-21-13)10-22-16(14(15)17(19)20)11-6-2-1-3-7-11/h1-10H,(H2,18,22)(H3,19,20). The monoisotopic (exact) mass is 289 g/mol. The van der Waals surface area contributed by atoms with Crippen LogP contribution in [0, 0.1) is 5.41 Å².